The van der Waals surface area contributed by atoms with Crippen LogP contribution in [0.25, 0.3) is 0 Å². The number of β-amino-alcohol motifs (C(OH)–C–C–N with tert-alkyl or cyclic N) is 1. The van der Waals surface area contributed by atoms with Crippen molar-refractivity contribution in [3.63, 3.8) is 0 Å². The van der Waals surface area contributed by atoms with Crippen molar-refractivity contribution in [2.24, 2.45) is 0 Å². The Morgan fingerprint density at radius 1 is 1.36 bits per heavy atom. The lowest BCUT2D eigenvalue weighted by atomic mass is 10.0. The van der Waals surface area contributed by atoms with E-state index in [0.717, 1.165) is 11.5 Å². The summed E-state index contributed by atoms with van der Waals surface area (Å²) in [6.07, 6.45) is 3.65. The van der Waals surface area contributed by atoms with Gasteiger partial charge in [-0.15, -0.1) is 0 Å². The maximum absolute atomic E-state index is 12.5. The second-order valence-corrected chi connectivity index (χ2v) is 6.56. The van der Waals surface area contributed by atoms with E-state index in [2.05, 4.69) is 19.9 Å². The molecule has 3 heterocycles. The Labute approximate surface area is 146 Å². The summed E-state index contributed by atoms with van der Waals surface area (Å²) in [6, 6.07) is 3.48. The van der Waals surface area contributed by atoms with Crippen LogP contribution in [0.4, 0.5) is 5.82 Å². The fraction of sp³-hybridized carbons (Fsp3) is 0.471. The molecular formula is C17H22N6O2. The lowest BCUT2D eigenvalue weighted by Crippen LogP contribution is -2.46. The molecule has 0 aliphatic carbocycles. The third-order valence-corrected chi connectivity index (χ3v) is 4.32. The molecule has 1 aliphatic heterocycles. The highest BCUT2D eigenvalue weighted by Gasteiger charge is 2.38. The number of hydrogen-bond acceptors (Lipinski definition) is 7. The highest BCUT2D eigenvalue weighted by molar-refractivity contribution is 5.92. The summed E-state index contributed by atoms with van der Waals surface area (Å²) in [5, 5.41) is 10.9. The van der Waals surface area contributed by atoms with Crippen LogP contribution in [0, 0.1) is 13.8 Å². The van der Waals surface area contributed by atoms with Crippen molar-refractivity contribution in [1.82, 2.24) is 24.8 Å². The fourth-order valence-electron chi connectivity index (χ4n) is 3.08. The summed E-state index contributed by atoms with van der Waals surface area (Å²) in [7, 11) is 1.68. The zero-order valence-corrected chi connectivity index (χ0v) is 14.7. The summed E-state index contributed by atoms with van der Waals surface area (Å²) in [6.45, 7) is 4.98. The third kappa shape index (κ3) is 3.90. The van der Waals surface area contributed by atoms with E-state index < -0.39 is 5.60 Å². The summed E-state index contributed by atoms with van der Waals surface area (Å²) in [5.41, 5.74) is 0.234. The van der Waals surface area contributed by atoms with Crippen molar-refractivity contribution in [3.8, 4) is 0 Å². The number of rotatable bonds is 4. The molecule has 0 radical (unpaired) electrons. The summed E-state index contributed by atoms with van der Waals surface area (Å²) in [5.74, 6) is 1.11. The Morgan fingerprint density at radius 2 is 2.16 bits per heavy atom. The van der Waals surface area contributed by atoms with Gasteiger partial charge in [-0.3, -0.25) is 4.79 Å². The minimum absolute atomic E-state index is 0.227. The highest BCUT2D eigenvalue weighted by Crippen LogP contribution is 2.26. The summed E-state index contributed by atoms with van der Waals surface area (Å²) >= 11 is 0. The number of nitrogens with zero attached hydrogens (tertiary/aromatic N) is 6. The number of aryl methyl sites for hydroxylation is 2. The Kier molecular flexibility index (Phi) is 4.63. The molecule has 3 rings (SSSR count). The second kappa shape index (κ2) is 6.72. The van der Waals surface area contributed by atoms with Crippen molar-refractivity contribution >= 4 is 11.7 Å². The van der Waals surface area contributed by atoms with Crippen molar-refractivity contribution in [3.05, 3.63) is 41.9 Å². The number of hydrogen-bond donors (Lipinski definition) is 1. The molecule has 1 atom stereocenters. The van der Waals surface area contributed by atoms with Crippen LogP contribution in [0.1, 0.15) is 28.4 Å². The first-order chi connectivity index (χ1) is 11.9. The molecular weight excluding hydrogens is 320 g/mol. The molecule has 1 saturated heterocycles. The first-order valence-electron chi connectivity index (χ1n) is 8.17. The van der Waals surface area contributed by atoms with Crippen LogP contribution in [0.15, 0.2) is 24.7 Å². The molecule has 0 aromatic carbocycles. The molecule has 8 nitrogen and oxygen atoms in total. The van der Waals surface area contributed by atoms with E-state index in [1.165, 1.54) is 11.2 Å². The van der Waals surface area contributed by atoms with Crippen LogP contribution in [-0.4, -0.2) is 68.1 Å². The molecule has 1 amide bonds. The zero-order valence-electron chi connectivity index (χ0n) is 14.7. The van der Waals surface area contributed by atoms with Crippen LogP contribution < -0.4 is 4.90 Å². The third-order valence-electron chi connectivity index (χ3n) is 4.32. The van der Waals surface area contributed by atoms with E-state index in [0.29, 0.717) is 31.0 Å². The highest BCUT2D eigenvalue weighted by atomic mass is 16.3. The largest absolute Gasteiger partial charge is 0.386 e. The van der Waals surface area contributed by atoms with Gasteiger partial charge >= 0.3 is 0 Å². The van der Waals surface area contributed by atoms with Crippen molar-refractivity contribution in [2.45, 2.75) is 25.9 Å². The molecule has 1 N–H and O–H groups in total. The lowest BCUT2D eigenvalue weighted by molar-refractivity contribution is 0.0261. The average molecular weight is 342 g/mol. The predicted octanol–water partition coefficient (Wildman–Crippen LogP) is 0.597. The Balaban J connectivity index is 1.67. The van der Waals surface area contributed by atoms with Gasteiger partial charge in [-0.25, -0.2) is 19.9 Å². The van der Waals surface area contributed by atoms with Crippen molar-refractivity contribution < 1.29 is 9.90 Å². The molecule has 0 bridgehead atoms. The maximum atomic E-state index is 12.5. The van der Waals surface area contributed by atoms with E-state index in [9.17, 15) is 9.90 Å². The summed E-state index contributed by atoms with van der Waals surface area (Å²) in [4.78, 5) is 32.6. The van der Waals surface area contributed by atoms with Gasteiger partial charge in [-0.2, -0.15) is 0 Å². The van der Waals surface area contributed by atoms with Crippen LogP contribution >= 0.6 is 0 Å². The number of carbonyl (C=O) groups excluding carboxylic acids is 1. The van der Waals surface area contributed by atoms with E-state index in [1.54, 1.807) is 26.2 Å². The Hall–Kier alpha value is -2.61. The Morgan fingerprint density at radius 3 is 2.88 bits per heavy atom. The molecule has 0 saturated carbocycles. The van der Waals surface area contributed by atoms with Crippen molar-refractivity contribution in [1.29, 1.82) is 0 Å². The van der Waals surface area contributed by atoms with Gasteiger partial charge in [0.05, 0.1) is 6.54 Å². The van der Waals surface area contributed by atoms with E-state index in [1.807, 2.05) is 17.9 Å². The van der Waals surface area contributed by atoms with Gasteiger partial charge in [0.2, 0.25) is 0 Å². The van der Waals surface area contributed by atoms with Crippen LogP contribution in [0.5, 0.6) is 0 Å². The lowest BCUT2D eigenvalue weighted by Gasteiger charge is -2.29. The second-order valence-electron chi connectivity index (χ2n) is 6.56. The number of likely N-dealkylation sites (N-methyl/N-ethyl adjacent to an activating group) is 1. The SMILES string of the molecule is Cc1cc(N2CC[C@](O)(CN(C)C(=O)c3ccnc(C)n3)C2)ncn1. The van der Waals surface area contributed by atoms with E-state index >= 15 is 0 Å². The number of amides is 1. The quantitative estimate of drug-likeness (QED) is 0.869. The van der Waals surface area contributed by atoms with Gasteiger partial charge in [-0.05, 0) is 26.3 Å². The Bertz CT molecular complexity index is 783. The molecule has 25 heavy (non-hydrogen) atoms. The number of aliphatic hydroxyl groups is 1. The average Bonchev–Trinajstić information content (AvgIpc) is 2.96. The maximum Gasteiger partial charge on any atom is 0.272 e. The normalized spacial score (nSPS) is 19.9. The van der Waals surface area contributed by atoms with Gasteiger partial charge in [0.1, 0.15) is 29.3 Å². The smallest absolute Gasteiger partial charge is 0.272 e. The zero-order chi connectivity index (χ0) is 18.0. The molecule has 132 valence electrons. The number of anilines is 1. The predicted molar refractivity (Wildman–Crippen MR) is 92.3 cm³/mol. The fourth-order valence-corrected chi connectivity index (χ4v) is 3.08. The molecule has 2 aromatic rings. The molecule has 2 aromatic heterocycles. The topological polar surface area (TPSA) is 95.3 Å². The van der Waals surface area contributed by atoms with Crippen molar-refractivity contribution in [2.75, 3.05) is 31.6 Å². The van der Waals surface area contributed by atoms with Gasteiger partial charge < -0.3 is 14.9 Å². The molecule has 1 fully saturated rings. The van der Waals surface area contributed by atoms with E-state index in [-0.39, 0.29) is 12.5 Å². The molecule has 1 aliphatic rings. The van der Waals surface area contributed by atoms with Crippen LogP contribution in [-0.2, 0) is 0 Å². The first-order valence-corrected chi connectivity index (χ1v) is 8.17. The number of carbonyl (C=O) groups is 1. The van der Waals surface area contributed by atoms with Crippen LogP contribution in [0.2, 0.25) is 0 Å². The van der Waals surface area contributed by atoms with Gasteiger partial charge in [0, 0.05) is 38.1 Å². The molecule has 8 heteroatoms. The van der Waals surface area contributed by atoms with Gasteiger partial charge in [0.15, 0.2) is 0 Å². The van der Waals surface area contributed by atoms with Crippen LogP contribution in [0.3, 0.4) is 0 Å². The van der Waals surface area contributed by atoms with Gasteiger partial charge in [-0.1, -0.05) is 0 Å². The molecule has 0 unspecified atom stereocenters. The summed E-state index contributed by atoms with van der Waals surface area (Å²) < 4.78 is 0. The standard InChI is InChI=1S/C17H22N6O2/c1-12-8-15(20-11-19-12)23-7-5-17(25,10-23)9-22(3)16(24)14-4-6-18-13(2)21-14/h4,6,8,11,25H,5,7,9-10H2,1-3H3/t17-/m0/s1. The number of aromatic nitrogens is 4. The van der Waals surface area contributed by atoms with Gasteiger partial charge in [0.25, 0.3) is 5.91 Å². The first kappa shape index (κ1) is 17.2. The van der Waals surface area contributed by atoms with E-state index in [4.69, 9.17) is 0 Å². The minimum atomic E-state index is -0.981. The molecule has 0 spiro atoms. The minimum Gasteiger partial charge on any atom is -0.386 e. The monoisotopic (exact) mass is 342 g/mol.